The van der Waals surface area contributed by atoms with Gasteiger partial charge in [0.1, 0.15) is 0 Å². The Labute approximate surface area is 155 Å². The van der Waals surface area contributed by atoms with E-state index in [0.29, 0.717) is 6.67 Å². The number of hydrogen-bond acceptors (Lipinski definition) is 5. The van der Waals surface area contributed by atoms with Crippen molar-refractivity contribution in [2.24, 2.45) is 0 Å². The van der Waals surface area contributed by atoms with Crippen molar-refractivity contribution in [1.82, 2.24) is 19.4 Å². The maximum Gasteiger partial charge on any atom is 0.259 e. The third-order valence-corrected chi connectivity index (χ3v) is 4.94. The van der Waals surface area contributed by atoms with E-state index in [9.17, 15) is 4.79 Å². The summed E-state index contributed by atoms with van der Waals surface area (Å²) in [6.45, 7) is 9.18. The topological polar surface area (TPSA) is 44.6 Å². The molecule has 1 aliphatic heterocycles. The van der Waals surface area contributed by atoms with Crippen molar-refractivity contribution in [3.05, 3.63) is 51.4 Å². The second kappa shape index (κ2) is 7.60. The average molecular weight is 355 g/mol. The third kappa shape index (κ3) is 3.81. The van der Waals surface area contributed by atoms with Crippen LogP contribution < -0.4 is 10.5 Å². The summed E-state index contributed by atoms with van der Waals surface area (Å²) < 4.78 is 1.81. The van der Waals surface area contributed by atoms with Gasteiger partial charge in [0.15, 0.2) is 0 Å². The summed E-state index contributed by atoms with van der Waals surface area (Å²) in [4.78, 5) is 24.3. The van der Waals surface area contributed by atoms with Gasteiger partial charge in [-0.1, -0.05) is 12.1 Å². The molecule has 6 heteroatoms. The molecule has 0 spiro atoms. The molecule has 0 bridgehead atoms. The summed E-state index contributed by atoms with van der Waals surface area (Å²) in [7, 11) is 4.18. The second-order valence-corrected chi connectivity index (χ2v) is 7.46. The van der Waals surface area contributed by atoms with Crippen LogP contribution in [0.2, 0.25) is 0 Å². The largest absolute Gasteiger partial charge is 0.309 e. The molecule has 1 aromatic carbocycles. The van der Waals surface area contributed by atoms with Crippen LogP contribution in [0.4, 0.5) is 11.6 Å². The van der Waals surface area contributed by atoms with E-state index in [2.05, 4.69) is 60.0 Å². The number of aromatic nitrogens is 2. The first-order valence-corrected chi connectivity index (χ1v) is 9.16. The maximum atomic E-state index is 12.9. The molecule has 0 N–H and O–H groups in total. The molecule has 0 radical (unpaired) electrons. The van der Waals surface area contributed by atoms with Gasteiger partial charge in [0, 0.05) is 23.5 Å². The Hall–Kier alpha value is -2.18. The molecule has 0 saturated heterocycles. The Balaban J connectivity index is 1.99. The monoisotopic (exact) mass is 355 g/mol. The van der Waals surface area contributed by atoms with E-state index < -0.39 is 0 Å². The van der Waals surface area contributed by atoms with Gasteiger partial charge in [-0.3, -0.25) is 19.2 Å². The zero-order valence-corrected chi connectivity index (χ0v) is 16.5. The van der Waals surface area contributed by atoms with E-state index in [1.807, 2.05) is 18.4 Å². The zero-order valence-electron chi connectivity index (χ0n) is 16.5. The molecule has 6 nitrogen and oxygen atoms in total. The molecule has 0 unspecified atom stereocenters. The predicted octanol–water partition coefficient (Wildman–Crippen LogP) is 2.49. The first kappa shape index (κ1) is 18.6. The highest BCUT2D eigenvalue weighted by atomic mass is 16.1. The van der Waals surface area contributed by atoms with Crippen LogP contribution >= 0.6 is 0 Å². The van der Waals surface area contributed by atoms with Crippen molar-refractivity contribution in [3.8, 4) is 0 Å². The quantitative estimate of drug-likeness (QED) is 0.824. The van der Waals surface area contributed by atoms with Crippen LogP contribution in [0.3, 0.4) is 0 Å². The van der Waals surface area contributed by atoms with Crippen LogP contribution in [0.1, 0.15) is 23.2 Å². The highest BCUT2D eigenvalue weighted by Gasteiger charge is 2.26. The van der Waals surface area contributed by atoms with Gasteiger partial charge in [-0.2, -0.15) is 0 Å². The number of nitrogens with zero attached hydrogens (tertiary/aromatic N) is 5. The summed E-state index contributed by atoms with van der Waals surface area (Å²) in [5.74, 6) is 0.743. The van der Waals surface area contributed by atoms with Crippen molar-refractivity contribution in [3.63, 3.8) is 0 Å². The van der Waals surface area contributed by atoms with E-state index in [4.69, 9.17) is 4.98 Å². The number of fused-ring (bicyclic) bond motifs is 1. The van der Waals surface area contributed by atoms with E-state index in [1.165, 1.54) is 5.56 Å². The Bertz CT molecular complexity index is 843. The van der Waals surface area contributed by atoms with Crippen molar-refractivity contribution in [2.75, 3.05) is 38.8 Å². The first-order chi connectivity index (χ1) is 12.4. The van der Waals surface area contributed by atoms with Gasteiger partial charge in [-0.25, -0.2) is 4.98 Å². The van der Waals surface area contributed by atoms with Gasteiger partial charge >= 0.3 is 0 Å². The summed E-state index contributed by atoms with van der Waals surface area (Å²) >= 11 is 0. The van der Waals surface area contributed by atoms with E-state index >= 15 is 0 Å². The summed E-state index contributed by atoms with van der Waals surface area (Å²) in [6, 6.07) is 8.37. The Kier molecular flexibility index (Phi) is 5.44. The lowest BCUT2D eigenvalue weighted by Gasteiger charge is -2.38. The van der Waals surface area contributed by atoms with Crippen LogP contribution in [0.15, 0.2) is 29.1 Å². The number of hydrogen-bond donors (Lipinski definition) is 0. The molecule has 0 amide bonds. The molecule has 26 heavy (non-hydrogen) atoms. The van der Waals surface area contributed by atoms with E-state index in [0.717, 1.165) is 49.1 Å². The molecule has 1 aliphatic rings. The molecule has 0 aliphatic carbocycles. The minimum absolute atomic E-state index is 0.0578. The van der Waals surface area contributed by atoms with Gasteiger partial charge < -0.3 is 4.90 Å². The van der Waals surface area contributed by atoms with Gasteiger partial charge in [-0.05, 0) is 65.5 Å². The van der Waals surface area contributed by atoms with Crippen molar-refractivity contribution in [1.29, 1.82) is 0 Å². The van der Waals surface area contributed by atoms with Crippen LogP contribution in [0.5, 0.6) is 0 Å². The first-order valence-electron chi connectivity index (χ1n) is 9.16. The average Bonchev–Trinajstić information content (AvgIpc) is 2.59. The van der Waals surface area contributed by atoms with E-state index in [1.54, 1.807) is 0 Å². The van der Waals surface area contributed by atoms with Gasteiger partial charge in [-0.15, -0.1) is 0 Å². The lowest BCUT2D eigenvalue weighted by molar-refractivity contribution is 0.189. The minimum Gasteiger partial charge on any atom is -0.309 e. The van der Waals surface area contributed by atoms with Crippen LogP contribution in [0, 0.1) is 20.8 Å². The standard InChI is InChI=1S/C20H29N5O/c1-15-8-6-9-18(12-15)24-13-23(11-7-10-22(4)5)14-25-19(26)16(2)17(3)21-20(24)25/h6,8-9,12H,7,10-11,13-14H2,1-5H3. The summed E-state index contributed by atoms with van der Waals surface area (Å²) in [5, 5.41) is 0. The molecule has 140 valence electrons. The molecule has 2 aromatic rings. The Morgan fingerprint density at radius 3 is 2.62 bits per heavy atom. The number of aryl methyl sites for hydroxylation is 2. The highest BCUT2D eigenvalue weighted by molar-refractivity contribution is 5.59. The van der Waals surface area contributed by atoms with E-state index in [-0.39, 0.29) is 5.56 Å². The normalized spacial score (nSPS) is 14.8. The second-order valence-electron chi connectivity index (χ2n) is 7.46. The summed E-state index contributed by atoms with van der Waals surface area (Å²) in [6.07, 6.45) is 1.07. The smallest absolute Gasteiger partial charge is 0.259 e. The van der Waals surface area contributed by atoms with Crippen molar-refractivity contribution >= 4 is 11.6 Å². The molecular formula is C20H29N5O. The zero-order chi connectivity index (χ0) is 18.8. The Morgan fingerprint density at radius 2 is 1.92 bits per heavy atom. The lowest BCUT2D eigenvalue weighted by Crippen LogP contribution is -2.48. The number of benzene rings is 1. The molecule has 0 saturated carbocycles. The fourth-order valence-corrected chi connectivity index (χ4v) is 3.33. The fourth-order valence-electron chi connectivity index (χ4n) is 3.33. The van der Waals surface area contributed by atoms with Crippen molar-refractivity contribution < 1.29 is 0 Å². The summed E-state index contributed by atoms with van der Waals surface area (Å²) in [5.41, 5.74) is 3.87. The van der Waals surface area contributed by atoms with Crippen LogP contribution in [-0.2, 0) is 6.67 Å². The van der Waals surface area contributed by atoms with Crippen molar-refractivity contribution in [2.45, 2.75) is 33.9 Å². The highest BCUT2D eigenvalue weighted by Crippen LogP contribution is 2.28. The lowest BCUT2D eigenvalue weighted by atomic mass is 10.2. The SMILES string of the molecule is Cc1cccc(N2CN(CCCN(C)C)Cn3c2nc(C)c(C)c3=O)c1. The predicted molar refractivity (Wildman–Crippen MR) is 106 cm³/mol. The molecule has 1 aromatic heterocycles. The third-order valence-electron chi connectivity index (χ3n) is 4.94. The van der Waals surface area contributed by atoms with Gasteiger partial charge in [0.25, 0.3) is 5.56 Å². The molecular weight excluding hydrogens is 326 g/mol. The molecule has 0 fully saturated rings. The number of anilines is 2. The van der Waals surface area contributed by atoms with Gasteiger partial charge in [0.05, 0.1) is 13.3 Å². The van der Waals surface area contributed by atoms with Crippen LogP contribution in [0.25, 0.3) is 0 Å². The molecule has 2 heterocycles. The molecule has 0 atom stereocenters. The fraction of sp³-hybridized carbons (Fsp3) is 0.500. The Morgan fingerprint density at radius 1 is 1.15 bits per heavy atom. The van der Waals surface area contributed by atoms with Gasteiger partial charge in [0.2, 0.25) is 5.95 Å². The molecule has 3 rings (SSSR count). The number of rotatable bonds is 5. The minimum atomic E-state index is 0.0578. The maximum absolute atomic E-state index is 12.9. The van der Waals surface area contributed by atoms with Crippen LogP contribution in [-0.4, -0.2) is 53.2 Å².